The smallest absolute Gasteiger partial charge is 0.486 e. The molecule has 0 radical (unpaired) electrons. The maximum Gasteiger partial charge on any atom is 0.509 e. The number of carbonyl (C=O) groups excluding carboxylic acids is 1. The topological polar surface area (TPSA) is 44.8 Å². The van der Waals surface area contributed by atoms with Crippen LogP contribution in [-0.4, -0.2) is 24.0 Å². The molecule has 0 saturated carbocycles. The van der Waals surface area contributed by atoms with Gasteiger partial charge in [-0.1, -0.05) is 0 Å². The van der Waals surface area contributed by atoms with Crippen LogP contribution < -0.4 is 4.74 Å². The molecule has 2 aliphatic rings. The van der Waals surface area contributed by atoms with E-state index in [9.17, 15) is 9.18 Å². The van der Waals surface area contributed by atoms with Crippen LogP contribution in [0.4, 0.5) is 9.18 Å². The molecule has 0 saturated heterocycles. The van der Waals surface area contributed by atoms with Crippen molar-refractivity contribution in [3.8, 4) is 5.75 Å². The third-order valence-electron chi connectivity index (χ3n) is 4.36. The summed E-state index contributed by atoms with van der Waals surface area (Å²) in [7, 11) is 0. The van der Waals surface area contributed by atoms with E-state index in [1.165, 1.54) is 6.07 Å². The third kappa shape index (κ3) is 4.53. The van der Waals surface area contributed by atoms with Gasteiger partial charge in [-0.3, -0.25) is 0 Å². The van der Waals surface area contributed by atoms with Gasteiger partial charge in [-0.25, -0.2) is 9.18 Å². The predicted molar refractivity (Wildman–Crippen MR) is 92.3 cm³/mol. The van der Waals surface area contributed by atoms with E-state index >= 15 is 0 Å². The fourth-order valence-corrected chi connectivity index (χ4v) is 3.27. The number of hydrogen-bond acceptors (Lipinski definition) is 4. The Morgan fingerprint density at radius 1 is 1.08 bits per heavy atom. The fraction of sp³-hybridized carbons (Fsp3) is 0.550. The monoisotopic (exact) mass is 348 g/mol. The van der Waals surface area contributed by atoms with Gasteiger partial charge >= 0.3 is 6.16 Å². The molecule has 0 spiro atoms. The summed E-state index contributed by atoms with van der Waals surface area (Å²) in [5.74, 6) is 0.596. The Hall–Kier alpha value is -2.04. The first kappa shape index (κ1) is 17.8. The van der Waals surface area contributed by atoms with Crippen molar-refractivity contribution in [3.63, 3.8) is 0 Å². The largest absolute Gasteiger partial charge is 0.509 e. The van der Waals surface area contributed by atoms with Gasteiger partial charge in [0.05, 0.1) is 0 Å². The van der Waals surface area contributed by atoms with Crippen LogP contribution in [0.5, 0.6) is 5.75 Å². The Kier molecular flexibility index (Phi) is 5.02. The van der Waals surface area contributed by atoms with Gasteiger partial charge in [0.1, 0.15) is 29.4 Å². The number of hydrogen-bond donors (Lipinski definition) is 0. The van der Waals surface area contributed by atoms with Crippen molar-refractivity contribution in [3.05, 3.63) is 41.2 Å². The van der Waals surface area contributed by atoms with Gasteiger partial charge < -0.3 is 14.2 Å². The van der Waals surface area contributed by atoms with Gasteiger partial charge in [-0.05, 0) is 76.3 Å². The molecule has 0 aromatic heterocycles. The molecular weight excluding hydrogens is 323 g/mol. The number of rotatable bonds is 3. The molecular formula is C20H25FO4. The summed E-state index contributed by atoms with van der Waals surface area (Å²) < 4.78 is 30.5. The van der Waals surface area contributed by atoms with Crippen LogP contribution in [0, 0.1) is 5.82 Å². The van der Waals surface area contributed by atoms with Crippen molar-refractivity contribution < 1.29 is 23.4 Å². The van der Waals surface area contributed by atoms with E-state index in [0.717, 1.165) is 42.6 Å². The van der Waals surface area contributed by atoms with Crippen LogP contribution in [-0.2, 0) is 22.3 Å². The molecule has 0 aliphatic heterocycles. The summed E-state index contributed by atoms with van der Waals surface area (Å²) in [5.41, 5.74) is 1.19. The van der Waals surface area contributed by atoms with Crippen molar-refractivity contribution in [2.24, 2.45) is 0 Å². The lowest BCUT2D eigenvalue weighted by molar-refractivity contribution is -0.0207. The first-order valence-electron chi connectivity index (χ1n) is 8.87. The second-order valence-corrected chi connectivity index (χ2v) is 7.61. The summed E-state index contributed by atoms with van der Waals surface area (Å²) in [4.78, 5) is 11.7. The van der Waals surface area contributed by atoms with Gasteiger partial charge in [-0.2, -0.15) is 0 Å². The predicted octanol–water partition coefficient (Wildman–Crippen LogP) is 4.73. The second kappa shape index (κ2) is 7.06. The number of ether oxygens (including phenoxy) is 3. The standard InChI is InChI=1S/C20H25FO4/c1-20(2,3)25-19(22)24-14-9-8-13(12-14)23-18-11-10-17(21)15-6-4-5-7-16(15)18/h8-11,13-14H,4-7,12H2,1-3H3/t13-,14+/m1/s1. The summed E-state index contributed by atoms with van der Waals surface area (Å²) in [5, 5.41) is 0. The van der Waals surface area contributed by atoms with E-state index in [2.05, 4.69) is 0 Å². The van der Waals surface area contributed by atoms with Gasteiger partial charge in [0, 0.05) is 12.0 Å². The molecule has 0 bridgehead atoms. The molecule has 0 unspecified atom stereocenters. The SMILES string of the molecule is CC(C)(C)OC(=O)O[C@H]1C=C[C@@H](Oc2ccc(F)c3c2CCCC3)C1. The van der Waals surface area contributed by atoms with Crippen LogP contribution in [0.3, 0.4) is 0 Å². The van der Waals surface area contributed by atoms with Crippen LogP contribution in [0.1, 0.15) is 51.2 Å². The molecule has 1 aromatic rings. The van der Waals surface area contributed by atoms with Crippen LogP contribution in [0.2, 0.25) is 0 Å². The van der Waals surface area contributed by atoms with Crippen molar-refractivity contribution in [2.75, 3.05) is 0 Å². The lowest BCUT2D eigenvalue weighted by atomic mass is 9.90. The molecule has 136 valence electrons. The van der Waals surface area contributed by atoms with Gasteiger partial charge in [0.15, 0.2) is 0 Å². The lowest BCUT2D eigenvalue weighted by Crippen LogP contribution is -2.27. The van der Waals surface area contributed by atoms with Gasteiger partial charge in [0.25, 0.3) is 0 Å². The summed E-state index contributed by atoms with van der Waals surface area (Å²) in [6, 6.07) is 3.18. The average Bonchev–Trinajstić information content (AvgIpc) is 2.95. The van der Waals surface area contributed by atoms with E-state index in [-0.39, 0.29) is 18.0 Å². The van der Waals surface area contributed by atoms with Crippen molar-refractivity contribution in [2.45, 2.75) is 70.7 Å². The van der Waals surface area contributed by atoms with Crippen molar-refractivity contribution >= 4 is 6.16 Å². The molecule has 25 heavy (non-hydrogen) atoms. The van der Waals surface area contributed by atoms with Crippen LogP contribution in [0.15, 0.2) is 24.3 Å². The number of halogens is 1. The number of carbonyl (C=O) groups is 1. The van der Waals surface area contributed by atoms with E-state index in [1.54, 1.807) is 26.8 Å². The summed E-state index contributed by atoms with van der Waals surface area (Å²) >= 11 is 0. The highest BCUT2D eigenvalue weighted by Gasteiger charge is 2.27. The molecule has 0 fully saturated rings. The zero-order chi connectivity index (χ0) is 18.0. The van der Waals surface area contributed by atoms with Gasteiger partial charge in [0.2, 0.25) is 0 Å². The van der Waals surface area contributed by atoms with Crippen LogP contribution >= 0.6 is 0 Å². The Morgan fingerprint density at radius 2 is 1.76 bits per heavy atom. The molecule has 3 rings (SSSR count). The quantitative estimate of drug-likeness (QED) is 0.585. The second-order valence-electron chi connectivity index (χ2n) is 7.61. The van der Waals surface area contributed by atoms with E-state index in [1.807, 2.05) is 12.2 Å². The Morgan fingerprint density at radius 3 is 2.48 bits per heavy atom. The minimum Gasteiger partial charge on any atom is -0.486 e. The minimum absolute atomic E-state index is 0.143. The number of fused-ring (bicyclic) bond motifs is 1. The first-order chi connectivity index (χ1) is 11.8. The summed E-state index contributed by atoms with van der Waals surface area (Å²) in [6.45, 7) is 5.38. The number of benzene rings is 1. The zero-order valence-electron chi connectivity index (χ0n) is 15.0. The maximum atomic E-state index is 14.0. The van der Waals surface area contributed by atoms with Gasteiger partial charge in [-0.15, -0.1) is 0 Å². The minimum atomic E-state index is -0.679. The Labute approximate surface area is 148 Å². The highest BCUT2D eigenvalue weighted by atomic mass is 19.1. The molecule has 2 aliphatic carbocycles. The maximum absolute atomic E-state index is 14.0. The Balaban J connectivity index is 1.59. The summed E-state index contributed by atoms with van der Waals surface area (Å²) in [6.07, 6.45) is 6.67. The molecule has 0 amide bonds. The molecule has 5 heteroatoms. The zero-order valence-corrected chi connectivity index (χ0v) is 15.0. The molecule has 2 atom stereocenters. The highest BCUT2D eigenvalue weighted by Crippen LogP contribution is 2.33. The van der Waals surface area contributed by atoms with E-state index in [0.29, 0.717) is 6.42 Å². The molecule has 4 nitrogen and oxygen atoms in total. The Bertz CT molecular complexity index is 675. The highest BCUT2D eigenvalue weighted by molar-refractivity contribution is 5.61. The fourth-order valence-electron chi connectivity index (χ4n) is 3.27. The lowest BCUT2D eigenvalue weighted by Gasteiger charge is -2.23. The molecule has 1 aromatic carbocycles. The van der Waals surface area contributed by atoms with Crippen molar-refractivity contribution in [1.29, 1.82) is 0 Å². The van der Waals surface area contributed by atoms with Crippen LogP contribution in [0.25, 0.3) is 0 Å². The normalized spacial score (nSPS) is 22.4. The third-order valence-corrected chi connectivity index (χ3v) is 4.36. The van der Waals surface area contributed by atoms with E-state index < -0.39 is 11.8 Å². The van der Waals surface area contributed by atoms with E-state index in [4.69, 9.17) is 14.2 Å². The average molecular weight is 348 g/mol. The molecule has 0 N–H and O–H groups in total. The molecule has 0 heterocycles. The first-order valence-corrected chi connectivity index (χ1v) is 8.87. The van der Waals surface area contributed by atoms with Crippen molar-refractivity contribution in [1.82, 2.24) is 0 Å².